The molecule has 0 saturated carbocycles. The molecular weight excluding hydrogens is 339 g/mol. The van der Waals surface area contributed by atoms with Gasteiger partial charge in [-0.15, -0.1) is 0 Å². The quantitative estimate of drug-likeness (QED) is 0.682. The average Bonchev–Trinajstić information content (AvgIpc) is 2.65. The highest BCUT2D eigenvalue weighted by Gasteiger charge is 2.26. The number of carbonyl (C=O) groups excluding carboxylic acids is 2. The Bertz CT molecular complexity index is 676. The number of methoxy groups -OCH3 is 1. The number of carbonyl (C=O) groups is 2. The summed E-state index contributed by atoms with van der Waals surface area (Å²) in [4.78, 5) is 26.0. The van der Waals surface area contributed by atoms with Crippen molar-refractivity contribution in [3.8, 4) is 5.75 Å². The Morgan fingerprint density at radius 1 is 1.42 bits per heavy atom. The summed E-state index contributed by atoms with van der Waals surface area (Å²) in [5.41, 5.74) is 2.03. The van der Waals surface area contributed by atoms with E-state index in [2.05, 4.69) is 5.32 Å². The summed E-state index contributed by atoms with van der Waals surface area (Å²) in [6.45, 7) is 3.40. The minimum absolute atomic E-state index is 0.0292. The molecule has 0 bridgehead atoms. The molecule has 1 N–H and O–H groups in total. The highest BCUT2D eigenvalue weighted by atomic mass is 19.1. The van der Waals surface area contributed by atoms with Gasteiger partial charge in [0.1, 0.15) is 12.4 Å². The van der Waals surface area contributed by atoms with Gasteiger partial charge in [-0.2, -0.15) is 0 Å². The molecule has 0 saturated heterocycles. The topological polar surface area (TPSA) is 67.9 Å². The number of hydrogen-bond acceptors (Lipinski definition) is 4. The molecule has 2 amide bonds. The van der Waals surface area contributed by atoms with Crippen molar-refractivity contribution in [2.45, 2.75) is 19.8 Å². The minimum atomic E-state index is -0.205. The summed E-state index contributed by atoms with van der Waals surface area (Å²) >= 11 is 0. The van der Waals surface area contributed by atoms with Gasteiger partial charge in [0.15, 0.2) is 0 Å². The third-order valence-corrected chi connectivity index (χ3v) is 4.24. The average molecular weight is 364 g/mol. The van der Waals surface area contributed by atoms with Crippen LogP contribution in [0.4, 0.5) is 4.39 Å². The van der Waals surface area contributed by atoms with Crippen LogP contribution in [0, 0.1) is 0 Å². The van der Waals surface area contributed by atoms with E-state index in [0.717, 1.165) is 5.56 Å². The first-order valence-corrected chi connectivity index (χ1v) is 8.67. The molecule has 142 valence electrons. The fourth-order valence-corrected chi connectivity index (χ4v) is 2.66. The number of amides is 2. The third kappa shape index (κ3) is 5.29. The zero-order valence-electron chi connectivity index (χ0n) is 15.2. The molecule has 0 aliphatic carbocycles. The highest BCUT2D eigenvalue weighted by Crippen LogP contribution is 2.24. The van der Waals surface area contributed by atoms with Crippen molar-refractivity contribution >= 4 is 11.8 Å². The number of hydrogen-bond donors (Lipinski definition) is 1. The van der Waals surface area contributed by atoms with Gasteiger partial charge < -0.3 is 19.7 Å². The van der Waals surface area contributed by atoms with Gasteiger partial charge in [-0.05, 0) is 42.2 Å². The number of nitrogens with zero attached hydrogens (tertiary/aromatic N) is 1. The lowest BCUT2D eigenvalue weighted by atomic mass is 9.98. The predicted octanol–water partition coefficient (Wildman–Crippen LogP) is 2.09. The number of benzene rings is 1. The SMILES string of the molecule is CC/C(=C/F)COc1ccc2c(c1)CCN(CC(=O)NCCOC)C2=O. The smallest absolute Gasteiger partial charge is 0.254 e. The second-order valence-electron chi connectivity index (χ2n) is 6.05. The monoisotopic (exact) mass is 364 g/mol. The fourth-order valence-electron chi connectivity index (χ4n) is 2.66. The molecule has 0 unspecified atom stereocenters. The third-order valence-electron chi connectivity index (χ3n) is 4.24. The van der Waals surface area contributed by atoms with Crippen molar-refractivity contribution in [2.24, 2.45) is 0 Å². The van der Waals surface area contributed by atoms with Crippen molar-refractivity contribution in [1.82, 2.24) is 10.2 Å². The second-order valence-corrected chi connectivity index (χ2v) is 6.05. The lowest BCUT2D eigenvalue weighted by Gasteiger charge is -2.28. The molecule has 1 aliphatic heterocycles. The zero-order chi connectivity index (χ0) is 18.9. The minimum Gasteiger partial charge on any atom is -0.489 e. The molecule has 0 aromatic heterocycles. The fraction of sp³-hybridized carbons (Fsp3) is 0.474. The first-order chi connectivity index (χ1) is 12.6. The maximum atomic E-state index is 12.6. The van der Waals surface area contributed by atoms with E-state index in [4.69, 9.17) is 9.47 Å². The predicted molar refractivity (Wildman–Crippen MR) is 95.9 cm³/mol. The Morgan fingerprint density at radius 2 is 2.23 bits per heavy atom. The van der Waals surface area contributed by atoms with Crippen LogP contribution in [0.25, 0.3) is 0 Å². The molecule has 1 aromatic carbocycles. The first-order valence-electron chi connectivity index (χ1n) is 8.67. The maximum Gasteiger partial charge on any atom is 0.254 e. The molecule has 0 fully saturated rings. The number of rotatable bonds is 9. The Balaban J connectivity index is 1.96. The van der Waals surface area contributed by atoms with Gasteiger partial charge in [0, 0.05) is 25.8 Å². The van der Waals surface area contributed by atoms with Crippen LogP contribution in [-0.2, 0) is 16.0 Å². The Labute approximate surface area is 153 Å². The zero-order valence-corrected chi connectivity index (χ0v) is 15.2. The Kier molecular flexibility index (Phi) is 7.59. The molecule has 26 heavy (non-hydrogen) atoms. The van der Waals surface area contributed by atoms with Gasteiger partial charge in [-0.3, -0.25) is 9.59 Å². The van der Waals surface area contributed by atoms with Gasteiger partial charge in [0.25, 0.3) is 5.91 Å². The molecule has 0 radical (unpaired) electrons. The van der Waals surface area contributed by atoms with Crippen molar-refractivity contribution < 1.29 is 23.5 Å². The molecule has 2 rings (SSSR count). The van der Waals surface area contributed by atoms with Crippen molar-refractivity contribution in [2.75, 3.05) is 40.0 Å². The lowest BCUT2D eigenvalue weighted by Crippen LogP contribution is -2.44. The van der Waals surface area contributed by atoms with E-state index < -0.39 is 0 Å². The normalized spacial score (nSPS) is 14.2. The van der Waals surface area contributed by atoms with Gasteiger partial charge in [0.05, 0.1) is 19.5 Å². The van der Waals surface area contributed by atoms with E-state index in [0.29, 0.717) is 55.8 Å². The molecule has 6 nitrogen and oxygen atoms in total. The molecule has 0 atom stereocenters. The van der Waals surface area contributed by atoms with E-state index in [9.17, 15) is 14.0 Å². The van der Waals surface area contributed by atoms with Crippen molar-refractivity contribution in [3.05, 3.63) is 41.2 Å². The van der Waals surface area contributed by atoms with Crippen LogP contribution in [0.15, 0.2) is 30.1 Å². The largest absolute Gasteiger partial charge is 0.489 e. The highest BCUT2D eigenvalue weighted by molar-refractivity contribution is 5.98. The van der Waals surface area contributed by atoms with Gasteiger partial charge in [-0.1, -0.05) is 6.92 Å². The molecule has 0 spiro atoms. The van der Waals surface area contributed by atoms with E-state index in [1.165, 1.54) is 4.90 Å². The summed E-state index contributed by atoms with van der Waals surface area (Å²) in [6.07, 6.45) is 1.79. The Hall–Kier alpha value is -2.41. The van der Waals surface area contributed by atoms with E-state index in [1.807, 2.05) is 13.0 Å². The van der Waals surface area contributed by atoms with Crippen LogP contribution >= 0.6 is 0 Å². The van der Waals surface area contributed by atoms with Gasteiger partial charge in [0.2, 0.25) is 5.91 Å². The van der Waals surface area contributed by atoms with Crippen LogP contribution in [0.1, 0.15) is 29.3 Å². The van der Waals surface area contributed by atoms with Gasteiger partial charge >= 0.3 is 0 Å². The van der Waals surface area contributed by atoms with Gasteiger partial charge in [-0.25, -0.2) is 4.39 Å². The van der Waals surface area contributed by atoms with Crippen molar-refractivity contribution in [3.63, 3.8) is 0 Å². The van der Waals surface area contributed by atoms with Crippen LogP contribution in [0.3, 0.4) is 0 Å². The molecule has 1 aliphatic rings. The summed E-state index contributed by atoms with van der Waals surface area (Å²) in [5.74, 6) is 0.233. The van der Waals surface area contributed by atoms with Crippen LogP contribution in [0.2, 0.25) is 0 Å². The van der Waals surface area contributed by atoms with Crippen LogP contribution < -0.4 is 10.1 Å². The summed E-state index contributed by atoms with van der Waals surface area (Å²) < 4.78 is 23.1. The summed E-state index contributed by atoms with van der Waals surface area (Å²) in [7, 11) is 1.56. The van der Waals surface area contributed by atoms with Crippen LogP contribution in [-0.4, -0.2) is 56.7 Å². The summed E-state index contributed by atoms with van der Waals surface area (Å²) in [5, 5.41) is 2.71. The second kappa shape index (κ2) is 9.91. The van der Waals surface area contributed by atoms with E-state index >= 15 is 0 Å². The number of halogens is 1. The summed E-state index contributed by atoms with van der Waals surface area (Å²) in [6, 6.07) is 5.21. The standard InChI is InChI=1S/C19H25FN2O4/c1-3-14(11-20)13-26-16-4-5-17-15(10-16)6-8-22(19(17)24)12-18(23)21-7-9-25-2/h4-5,10-11H,3,6-9,12-13H2,1-2H3,(H,21,23)/b14-11-. The number of nitrogens with one attached hydrogen (secondary N) is 1. The maximum absolute atomic E-state index is 12.6. The van der Waals surface area contributed by atoms with E-state index in [1.54, 1.807) is 19.2 Å². The Morgan fingerprint density at radius 3 is 2.92 bits per heavy atom. The first kappa shape index (κ1) is 19.9. The molecule has 1 aromatic rings. The molecule has 7 heteroatoms. The molecular formula is C19H25FN2O4. The molecule has 1 heterocycles. The van der Waals surface area contributed by atoms with Crippen LogP contribution in [0.5, 0.6) is 5.75 Å². The number of ether oxygens (including phenoxy) is 2. The lowest BCUT2D eigenvalue weighted by molar-refractivity contribution is -0.122. The number of fused-ring (bicyclic) bond motifs is 1. The van der Waals surface area contributed by atoms with E-state index in [-0.39, 0.29) is 25.0 Å². The van der Waals surface area contributed by atoms with Crippen molar-refractivity contribution in [1.29, 1.82) is 0 Å².